The molecule has 0 N–H and O–H groups in total. The maximum absolute atomic E-state index is 6.25. The lowest BCUT2D eigenvalue weighted by atomic mass is 9.48. The Morgan fingerprint density at radius 1 is 0.968 bits per heavy atom. The molecule has 0 spiro atoms. The summed E-state index contributed by atoms with van der Waals surface area (Å²) < 4.78 is 17.3. The molecule has 161 valence electrons. The SMILES string of the molecule is CCOC(OC)Oc1ccc(C#Cc2cc[c]cc2)cc1C12CC3CC(CC(C3)C1)C2. The van der Waals surface area contributed by atoms with Crippen LogP contribution in [-0.4, -0.2) is 20.2 Å². The van der Waals surface area contributed by atoms with Gasteiger partial charge in [0.15, 0.2) is 0 Å². The molecule has 0 saturated heterocycles. The molecule has 31 heavy (non-hydrogen) atoms. The first-order valence-electron chi connectivity index (χ1n) is 11.6. The maximum atomic E-state index is 6.25. The van der Waals surface area contributed by atoms with Crippen LogP contribution >= 0.6 is 0 Å². The first-order chi connectivity index (χ1) is 15.2. The third kappa shape index (κ3) is 4.25. The standard InChI is InChI=1S/C28H31O3/c1-3-30-27(29-2)31-26-12-11-21(10-9-20-7-5-4-6-8-20)16-25(26)28-17-22-13-23(18-28)15-24(14-22)19-28/h5-8,11-12,16,22-24,27H,3,13-15,17-19H2,1-2H3. The van der Waals surface area contributed by atoms with Crippen molar-refractivity contribution < 1.29 is 14.2 Å². The van der Waals surface area contributed by atoms with Gasteiger partial charge in [0.1, 0.15) is 5.75 Å². The largest absolute Gasteiger partial charge is 0.441 e. The van der Waals surface area contributed by atoms with E-state index in [2.05, 4.69) is 36.1 Å². The monoisotopic (exact) mass is 415 g/mol. The molecule has 2 aromatic rings. The summed E-state index contributed by atoms with van der Waals surface area (Å²) in [6, 6.07) is 17.3. The van der Waals surface area contributed by atoms with E-state index in [4.69, 9.17) is 14.2 Å². The molecule has 0 aromatic heterocycles. The zero-order chi connectivity index (χ0) is 21.3. The normalized spacial score (nSPS) is 29.3. The van der Waals surface area contributed by atoms with Crippen molar-refractivity contribution in [2.75, 3.05) is 13.7 Å². The highest BCUT2D eigenvalue weighted by molar-refractivity contribution is 5.50. The van der Waals surface area contributed by atoms with Crippen molar-refractivity contribution in [1.82, 2.24) is 0 Å². The topological polar surface area (TPSA) is 27.7 Å². The number of hydrogen-bond acceptors (Lipinski definition) is 3. The van der Waals surface area contributed by atoms with Gasteiger partial charge in [0, 0.05) is 23.8 Å². The van der Waals surface area contributed by atoms with Gasteiger partial charge in [-0.05, 0) is 105 Å². The fourth-order valence-corrected chi connectivity index (χ4v) is 6.57. The number of benzene rings is 2. The van der Waals surface area contributed by atoms with Crippen LogP contribution in [0.2, 0.25) is 0 Å². The molecule has 0 aliphatic heterocycles. The summed E-state index contributed by atoms with van der Waals surface area (Å²) >= 11 is 0. The van der Waals surface area contributed by atoms with Crippen LogP contribution in [0.25, 0.3) is 0 Å². The van der Waals surface area contributed by atoms with Crippen molar-refractivity contribution in [2.45, 2.75) is 57.3 Å². The van der Waals surface area contributed by atoms with Gasteiger partial charge in [0.2, 0.25) is 0 Å². The molecule has 0 amide bonds. The molecule has 4 aliphatic carbocycles. The summed E-state index contributed by atoms with van der Waals surface area (Å²) in [5.41, 5.74) is 3.55. The van der Waals surface area contributed by atoms with Gasteiger partial charge in [0.25, 0.3) is 0 Å². The zero-order valence-corrected chi connectivity index (χ0v) is 18.5. The fraction of sp³-hybridized carbons (Fsp3) is 0.500. The first-order valence-corrected chi connectivity index (χ1v) is 11.6. The van der Waals surface area contributed by atoms with Gasteiger partial charge in [-0.2, -0.15) is 0 Å². The minimum absolute atomic E-state index is 0.202. The summed E-state index contributed by atoms with van der Waals surface area (Å²) in [6.07, 6.45) is 8.06. The van der Waals surface area contributed by atoms with Crippen LogP contribution in [0.5, 0.6) is 5.75 Å². The van der Waals surface area contributed by atoms with E-state index in [0.29, 0.717) is 6.61 Å². The lowest BCUT2D eigenvalue weighted by Crippen LogP contribution is -2.48. The van der Waals surface area contributed by atoms with Crippen LogP contribution < -0.4 is 4.74 Å². The van der Waals surface area contributed by atoms with E-state index in [1.165, 1.54) is 44.1 Å². The third-order valence-electron chi connectivity index (χ3n) is 7.38. The van der Waals surface area contributed by atoms with Crippen molar-refractivity contribution in [2.24, 2.45) is 17.8 Å². The molecule has 6 rings (SSSR count). The molecular weight excluding hydrogens is 384 g/mol. The van der Waals surface area contributed by atoms with Crippen LogP contribution in [0.4, 0.5) is 0 Å². The van der Waals surface area contributed by atoms with E-state index in [-0.39, 0.29) is 5.41 Å². The summed E-state index contributed by atoms with van der Waals surface area (Å²) in [5.74, 6) is 10.1. The van der Waals surface area contributed by atoms with E-state index in [1.807, 2.05) is 31.2 Å². The van der Waals surface area contributed by atoms with E-state index in [9.17, 15) is 0 Å². The van der Waals surface area contributed by atoms with Gasteiger partial charge in [-0.1, -0.05) is 24.0 Å². The van der Waals surface area contributed by atoms with Gasteiger partial charge in [-0.25, -0.2) is 0 Å². The van der Waals surface area contributed by atoms with Gasteiger partial charge < -0.3 is 14.2 Å². The maximum Gasteiger partial charge on any atom is 0.315 e. The highest BCUT2D eigenvalue weighted by Crippen LogP contribution is 2.62. The average molecular weight is 416 g/mol. The highest BCUT2D eigenvalue weighted by Gasteiger charge is 2.52. The van der Waals surface area contributed by atoms with E-state index < -0.39 is 6.48 Å². The number of ether oxygens (including phenoxy) is 3. The van der Waals surface area contributed by atoms with Crippen LogP contribution in [0.1, 0.15) is 62.1 Å². The van der Waals surface area contributed by atoms with Crippen LogP contribution in [0, 0.1) is 35.7 Å². The summed E-state index contributed by atoms with van der Waals surface area (Å²) in [4.78, 5) is 0. The van der Waals surface area contributed by atoms with E-state index in [0.717, 1.165) is 34.6 Å². The minimum Gasteiger partial charge on any atom is -0.441 e. The molecule has 4 bridgehead atoms. The second-order valence-corrected chi connectivity index (χ2v) is 9.55. The Kier molecular flexibility index (Phi) is 5.78. The molecule has 1 unspecified atom stereocenters. The van der Waals surface area contributed by atoms with Crippen LogP contribution in [0.15, 0.2) is 42.5 Å². The second kappa shape index (κ2) is 8.69. The predicted octanol–water partition coefficient (Wildman–Crippen LogP) is 5.70. The Morgan fingerprint density at radius 2 is 1.61 bits per heavy atom. The molecule has 4 aliphatic rings. The Hall–Kier alpha value is -2.28. The van der Waals surface area contributed by atoms with Gasteiger partial charge >= 0.3 is 6.48 Å². The van der Waals surface area contributed by atoms with Crippen LogP contribution in [-0.2, 0) is 14.9 Å². The molecule has 1 atom stereocenters. The number of hydrogen-bond donors (Lipinski definition) is 0. The zero-order valence-electron chi connectivity index (χ0n) is 18.5. The quantitative estimate of drug-likeness (QED) is 0.447. The van der Waals surface area contributed by atoms with Gasteiger partial charge in [0.05, 0.1) is 6.61 Å². The summed E-state index contributed by atoms with van der Waals surface area (Å²) in [6.45, 7) is 1.81. The van der Waals surface area contributed by atoms with E-state index in [1.54, 1.807) is 7.11 Å². The Labute approximate surface area is 186 Å². The van der Waals surface area contributed by atoms with Crippen molar-refractivity contribution >= 4 is 0 Å². The fourth-order valence-electron chi connectivity index (χ4n) is 6.57. The van der Waals surface area contributed by atoms with Crippen LogP contribution in [0.3, 0.4) is 0 Å². The summed E-state index contributed by atoms with van der Waals surface area (Å²) in [7, 11) is 1.63. The molecule has 4 saturated carbocycles. The lowest BCUT2D eigenvalue weighted by molar-refractivity contribution is -0.231. The highest BCUT2D eigenvalue weighted by atomic mass is 16.8. The molecular formula is C28H31O3. The van der Waals surface area contributed by atoms with Crippen molar-refractivity contribution in [3.8, 4) is 17.6 Å². The predicted molar refractivity (Wildman–Crippen MR) is 121 cm³/mol. The molecule has 1 radical (unpaired) electrons. The Balaban J connectivity index is 1.52. The third-order valence-corrected chi connectivity index (χ3v) is 7.38. The summed E-state index contributed by atoms with van der Waals surface area (Å²) in [5, 5.41) is 0. The molecule has 0 heterocycles. The Morgan fingerprint density at radius 3 is 2.23 bits per heavy atom. The van der Waals surface area contributed by atoms with Crippen molar-refractivity contribution in [1.29, 1.82) is 0 Å². The first kappa shape index (κ1) is 20.6. The smallest absolute Gasteiger partial charge is 0.315 e. The number of methoxy groups -OCH3 is 1. The van der Waals surface area contributed by atoms with E-state index >= 15 is 0 Å². The average Bonchev–Trinajstić information content (AvgIpc) is 2.77. The lowest BCUT2D eigenvalue weighted by Gasteiger charge is -2.57. The van der Waals surface area contributed by atoms with Crippen molar-refractivity contribution in [3.05, 3.63) is 65.2 Å². The van der Waals surface area contributed by atoms with Gasteiger partial charge in [-0.15, -0.1) is 0 Å². The molecule has 3 heteroatoms. The Bertz CT molecular complexity index is 933. The minimum atomic E-state index is -0.685. The molecule has 2 aromatic carbocycles. The van der Waals surface area contributed by atoms with Gasteiger partial charge in [-0.3, -0.25) is 0 Å². The second-order valence-electron chi connectivity index (χ2n) is 9.55. The number of rotatable bonds is 6. The molecule has 3 nitrogen and oxygen atoms in total. The molecule has 4 fully saturated rings. The van der Waals surface area contributed by atoms with Crippen molar-refractivity contribution in [3.63, 3.8) is 0 Å².